The van der Waals surface area contributed by atoms with Crippen LogP contribution >= 0.6 is 12.2 Å². The molecule has 3 nitrogen and oxygen atoms in total. The highest BCUT2D eigenvalue weighted by Crippen LogP contribution is 2.15. The van der Waals surface area contributed by atoms with Gasteiger partial charge in [0.05, 0.1) is 0 Å². The SMILES string of the molecule is CC/C(C)=N\NC(=S)Nc1ccc(C)cc1C. The molecule has 0 unspecified atom stereocenters. The average molecular weight is 249 g/mol. The minimum Gasteiger partial charge on any atom is -0.331 e. The molecule has 0 aliphatic heterocycles. The van der Waals surface area contributed by atoms with Crippen LogP contribution < -0.4 is 10.7 Å². The van der Waals surface area contributed by atoms with Gasteiger partial charge in [-0.05, 0) is 51.0 Å². The van der Waals surface area contributed by atoms with Crippen LogP contribution in [0.25, 0.3) is 0 Å². The molecule has 4 heteroatoms. The second kappa shape index (κ2) is 6.35. The summed E-state index contributed by atoms with van der Waals surface area (Å²) >= 11 is 5.17. The quantitative estimate of drug-likeness (QED) is 0.490. The summed E-state index contributed by atoms with van der Waals surface area (Å²) in [5.41, 5.74) is 7.28. The van der Waals surface area contributed by atoms with Gasteiger partial charge < -0.3 is 5.32 Å². The minimum atomic E-state index is 0.518. The van der Waals surface area contributed by atoms with E-state index in [2.05, 4.69) is 48.7 Å². The monoisotopic (exact) mass is 249 g/mol. The van der Waals surface area contributed by atoms with Gasteiger partial charge in [-0.3, -0.25) is 5.43 Å². The lowest BCUT2D eigenvalue weighted by Gasteiger charge is -2.10. The smallest absolute Gasteiger partial charge is 0.191 e. The zero-order valence-corrected chi connectivity index (χ0v) is 11.6. The molecule has 0 bridgehead atoms. The molecule has 0 aliphatic rings. The van der Waals surface area contributed by atoms with E-state index in [0.717, 1.165) is 17.8 Å². The van der Waals surface area contributed by atoms with Crippen LogP contribution in [-0.2, 0) is 0 Å². The van der Waals surface area contributed by atoms with Crippen molar-refractivity contribution in [3.63, 3.8) is 0 Å². The molecule has 0 amide bonds. The van der Waals surface area contributed by atoms with Gasteiger partial charge in [0.25, 0.3) is 0 Å². The summed E-state index contributed by atoms with van der Waals surface area (Å²) in [5.74, 6) is 0. The van der Waals surface area contributed by atoms with Gasteiger partial charge >= 0.3 is 0 Å². The standard InChI is InChI=1S/C13H19N3S/c1-5-11(4)15-16-13(17)14-12-7-6-9(2)8-10(12)3/h6-8H,5H2,1-4H3,(H2,14,16,17)/b15-11-. The molecule has 0 atom stereocenters. The lowest BCUT2D eigenvalue weighted by Crippen LogP contribution is -2.25. The molecule has 0 spiro atoms. The highest BCUT2D eigenvalue weighted by atomic mass is 32.1. The zero-order valence-electron chi connectivity index (χ0n) is 10.8. The molecule has 2 N–H and O–H groups in total. The molecule has 0 saturated heterocycles. The van der Waals surface area contributed by atoms with E-state index < -0.39 is 0 Å². The molecule has 0 fully saturated rings. The number of anilines is 1. The molecular weight excluding hydrogens is 230 g/mol. The van der Waals surface area contributed by atoms with Gasteiger partial charge in [0.2, 0.25) is 0 Å². The van der Waals surface area contributed by atoms with Gasteiger partial charge in [0.15, 0.2) is 5.11 Å². The minimum absolute atomic E-state index is 0.518. The zero-order chi connectivity index (χ0) is 12.8. The molecule has 1 rings (SSSR count). The Kier molecular flexibility index (Phi) is 5.10. The van der Waals surface area contributed by atoms with Crippen LogP contribution in [0.4, 0.5) is 5.69 Å². The van der Waals surface area contributed by atoms with Gasteiger partial charge in [-0.25, -0.2) is 0 Å². The van der Waals surface area contributed by atoms with Crippen molar-refractivity contribution in [2.75, 3.05) is 5.32 Å². The summed E-state index contributed by atoms with van der Waals surface area (Å²) in [5, 5.41) is 7.80. The number of hydrazone groups is 1. The van der Waals surface area contributed by atoms with Gasteiger partial charge in [-0.15, -0.1) is 0 Å². The Hall–Kier alpha value is -1.42. The van der Waals surface area contributed by atoms with Crippen molar-refractivity contribution >= 4 is 28.7 Å². The van der Waals surface area contributed by atoms with Crippen LogP contribution in [0, 0.1) is 13.8 Å². The van der Waals surface area contributed by atoms with Crippen LogP contribution in [0.1, 0.15) is 31.4 Å². The Morgan fingerprint density at radius 3 is 2.65 bits per heavy atom. The van der Waals surface area contributed by atoms with Crippen LogP contribution in [-0.4, -0.2) is 10.8 Å². The first-order valence-corrected chi connectivity index (χ1v) is 6.11. The first kappa shape index (κ1) is 13.6. The Bertz CT molecular complexity index is 438. The van der Waals surface area contributed by atoms with Crippen molar-refractivity contribution < 1.29 is 0 Å². The molecule has 0 heterocycles. The van der Waals surface area contributed by atoms with Gasteiger partial charge in [0.1, 0.15) is 0 Å². The molecule has 1 aromatic rings. The van der Waals surface area contributed by atoms with Crippen molar-refractivity contribution in [2.45, 2.75) is 34.1 Å². The van der Waals surface area contributed by atoms with Gasteiger partial charge in [0, 0.05) is 11.4 Å². The third kappa shape index (κ3) is 4.53. The first-order valence-electron chi connectivity index (χ1n) is 5.70. The molecule has 92 valence electrons. The number of nitrogens with one attached hydrogen (secondary N) is 2. The number of aryl methyl sites for hydroxylation is 2. The summed E-state index contributed by atoms with van der Waals surface area (Å²) in [6.07, 6.45) is 0.916. The molecule has 0 aromatic heterocycles. The number of rotatable bonds is 3. The van der Waals surface area contributed by atoms with Crippen molar-refractivity contribution in [2.24, 2.45) is 5.10 Å². The summed E-state index contributed by atoms with van der Waals surface area (Å²) in [4.78, 5) is 0. The number of nitrogens with zero attached hydrogens (tertiary/aromatic N) is 1. The van der Waals surface area contributed by atoms with E-state index in [1.807, 2.05) is 13.0 Å². The van der Waals surface area contributed by atoms with Crippen LogP contribution in [0.2, 0.25) is 0 Å². The fourth-order valence-electron chi connectivity index (χ4n) is 1.33. The van der Waals surface area contributed by atoms with E-state index in [4.69, 9.17) is 12.2 Å². The second-order valence-electron chi connectivity index (χ2n) is 4.08. The normalized spacial score (nSPS) is 11.2. The van der Waals surface area contributed by atoms with Crippen LogP contribution in [0.3, 0.4) is 0 Å². The summed E-state index contributed by atoms with van der Waals surface area (Å²) in [7, 11) is 0. The molecule has 17 heavy (non-hydrogen) atoms. The van der Waals surface area contributed by atoms with E-state index in [9.17, 15) is 0 Å². The van der Waals surface area contributed by atoms with E-state index >= 15 is 0 Å². The highest BCUT2D eigenvalue weighted by Gasteiger charge is 2.00. The maximum absolute atomic E-state index is 5.17. The topological polar surface area (TPSA) is 36.4 Å². The predicted octanol–water partition coefficient (Wildman–Crippen LogP) is 3.38. The predicted molar refractivity (Wildman–Crippen MR) is 78.7 cm³/mol. The third-order valence-electron chi connectivity index (χ3n) is 2.49. The second-order valence-corrected chi connectivity index (χ2v) is 4.49. The maximum Gasteiger partial charge on any atom is 0.191 e. The fourth-order valence-corrected chi connectivity index (χ4v) is 1.48. The van der Waals surface area contributed by atoms with E-state index in [1.165, 1.54) is 11.1 Å². The Labute approximate surface area is 108 Å². The van der Waals surface area contributed by atoms with E-state index in [1.54, 1.807) is 0 Å². The van der Waals surface area contributed by atoms with Crippen LogP contribution in [0.15, 0.2) is 23.3 Å². The molecule has 0 saturated carbocycles. The van der Waals surface area contributed by atoms with Crippen molar-refractivity contribution in [3.05, 3.63) is 29.3 Å². The maximum atomic E-state index is 5.17. The Morgan fingerprint density at radius 1 is 1.35 bits per heavy atom. The Balaban J connectivity index is 2.62. The number of benzene rings is 1. The van der Waals surface area contributed by atoms with Crippen molar-refractivity contribution in [3.8, 4) is 0 Å². The number of hydrogen-bond donors (Lipinski definition) is 2. The van der Waals surface area contributed by atoms with Crippen molar-refractivity contribution in [1.29, 1.82) is 0 Å². The van der Waals surface area contributed by atoms with E-state index in [-0.39, 0.29) is 0 Å². The number of hydrogen-bond acceptors (Lipinski definition) is 2. The fraction of sp³-hybridized carbons (Fsp3) is 0.385. The van der Waals surface area contributed by atoms with Gasteiger partial charge in [-0.1, -0.05) is 24.6 Å². The summed E-state index contributed by atoms with van der Waals surface area (Å²) < 4.78 is 0. The van der Waals surface area contributed by atoms with Crippen molar-refractivity contribution in [1.82, 2.24) is 5.43 Å². The van der Waals surface area contributed by atoms with E-state index in [0.29, 0.717) is 5.11 Å². The molecule has 1 aromatic carbocycles. The lowest BCUT2D eigenvalue weighted by molar-refractivity contribution is 1.02. The first-order chi connectivity index (χ1) is 8.02. The summed E-state index contributed by atoms with van der Waals surface area (Å²) in [6, 6.07) is 6.19. The highest BCUT2D eigenvalue weighted by molar-refractivity contribution is 7.80. The Morgan fingerprint density at radius 2 is 2.06 bits per heavy atom. The van der Waals surface area contributed by atoms with Crippen LogP contribution in [0.5, 0.6) is 0 Å². The van der Waals surface area contributed by atoms with Gasteiger partial charge in [-0.2, -0.15) is 5.10 Å². The summed E-state index contributed by atoms with van der Waals surface area (Å²) in [6.45, 7) is 8.15. The largest absolute Gasteiger partial charge is 0.331 e. The molecule has 0 radical (unpaired) electrons. The molecule has 0 aliphatic carbocycles. The lowest BCUT2D eigenvalue weighted by atomic mass is 10.1. The average Bonchev–Trinajstić information content (AvgIpc) is 2.29. The molecular formula is C13H19N3S. The third-order valence-corrected chi connectivity index (χ3v) is 2.68. The number of thiocarbonyl (C=S) groups is 1.